The number of benzene rings is 3. The fraction of sp³-hybridized carbons (Fsp3) is 0.351. The molecular formula is C37H42NO4S+. The summed E-state index contributed by atoms with van der Waals surface area (Å²) in [5.41, 5.74) is 5.93. The van der Waals surface area contributed by atoms with Gasteiger partial charge >= 0.3 is 5.97 Å². The summed E-state index contributed by atoms with van der Waals surface area (Å²) in [4.78, 5) is 12.3. The first-order valence-corrected chi connectivity index (χ1v) is 16.9. The standard InChI is InChI=1S/C37H41NO4S/c1-6-8-12-26(13-9-7-2)27-18-16-25(17-19-27)22-34-30(29-14-10-11-15-33(29)43(34,41)42)24-35-37(3,4)31-23-28(36(39)40)20-21-32(31)38(35)5/h10-11,14-24,26H,6-9,12-13H2,1-5H3/p+1. The van der Waals surface area contributed by atoms with Crippen molar-refractivity contribution in [2.45, 2.75) is 82.4 Å². The Morgan fingerprint density at radius 3 is 2.21 bits per heavy atom. The summed E-state index contributed by atoms with van der Waals surface area (Å²) in [6.07, 6.45) is 10.9. The van der Waals surface area contributed by atoms with Gasteiger partial charge in [-0.25, -0.2) is 13.2 Å². The molecule has 0 atom stereocenters. The number of aromatic carboxylic acids is 1. The Morgan fingerprint density at radius 1 is 0.930 bits per heavy atom. The zero-order valence-corrected chi connectivity index (χ0v) is 26.7. The summed E-state index contributed by atoms with van der Waals surface area (Å²) >= 11 is 0. The van der Waals surface area contributed by atoms with Crippen molar-refractivity contribution in [3.63, 3.8) is 0 Å². The second kappa shape index (κ2) is 12.1. The number of allylic oxidation sites excluding steroid dienone is 2. The lowest BCUT2D eigenvalue weighted by molar-refractivity contribution is -0.401. The minimum Gasteiger partial charge on any atom is -0.478 e. The maximum absolute atomic E-state index is 14.0. The van der Waals surface area contributed by atoms with E-state index in [1.165, 1.54) is 44.1 Å². The van der Waals surface area contributed by atoms with E-state index in [1.54, 1.807) is 30.3 Å². The van der Waals surface area contributed by atoms with Gasteiger partial charge in [-0.1, -0.05) is 82.0 Å². The maximum atomic E-state index is 14.0. The monoisotopic (exact) mass is 596 g/mol. The average molecular weight is 597 g/mol. The fourth-order valence-corrected chi connectivity index (χ4v) is 8.29. The highest BCUT2D eigenvalue weighted by atomic mass is 32.2. The molecule has 3 aromatic carbocycles. The molecule has 0 aromatic heterocycles. The van der Waals surface area contributed by atoms with Crippen LogP contribution >= 0.6 is 0 Å². The molecule has 0 amide bonds. The van der Waals surface area contributed by atoms with Gasteiger partial charge in [-0.15, -0.1) is 0 Å². The Hall–Kier alpha value is -3.77. The van der Waals surface area contributed by atoms with Crippen molar-refractivity contribution in [1.82, 2.24) is 0 Å². The third-order valence-corrected chi connectivity index (χ3v) is 11.0. The molecule has 2 heterocycles. The average Bonchev–Trinajstić information content (AvgIpc) is 3.32. The number of nitrogens with zero attached hydrogens (tertiary/aromatic N) is 1. The van der Waals surface area contributed by atoms with Crippen molar-refractivity contribution in [1.29, 1.82) is 0 Å². The van der Waals surface area contributed by atoms with Crippen molar-refractivity contribution in [2.75, 3.05) is 7.05 Å². The largest absolute Gasteiger partial charge is 0.478 e. The van der Waals surface area contributed by atoms with Gasteiger partial charge in [0.05, 0.1) is 20.8 Å². The molecule has 0 spiro atoms. The molecule has 0 aliphatic carbocycles. The molecule has 0 unspecified atom stereocenters. The van der Waals surface area contributed by atoms with E-state index >= 15 is 0 Å². The Bertz CT molecular complexity index is 1750. The van der Waals surface area contributed by atoms with E-state index < -0.39 is 21.2 Å². The van der Waals surface area contributed by atoms with Gasteiger partial charge in [0.1, 0.15) is 7.05 Å². The number of carboxylic acids is 1. The van der Waals surface area contributed by atoms with Gasteiger partial charge in [0.2, 0.25) is 15.5 Å². The predicted molar refractivity (Wildman–Crippen MR) is 175 cm³/mol. The van der Waals surface area contributed by atoms with Crippen LogP contribution in [0.2, 0.25) is 0 Å². The van der Waals surface area contributed by atoms with Gasteiger partial charge in [0, 0.05) is 28.8 Å². The highest BCUT2D eigenvalue weighted by molar-refractivity contribution is 7.96. The second-order valence-electron chi connectivity index (χ2n) is 12.3. The Morgan fingerprint density at radius 2 is 1.58 bits per heavy atom. The summed E-state index contributed by atoms with van der Waals surface area (Å²) in [7, 11) is -1.79. The zero-order valence-electron chi connectivity index (χ0n) is 25.9. The molecule has 0 saturated heterocycles. The summed E-state index contributed by atoms with van der Waals surface area (Å²) in [5, 5.41) is 9.61. The van der Waals surface area contributed by atoms with E-state index in [4.69, 9.17) is 0 Å². The molecule has 3 aromatic rings. The number of hydrogen-bond donors (Lipinski definition) is 1. The fourth-order valence-electron chi connectivity index (χ4n) is 6.58. The molecule has 0 saturated carbocycles. The lowest BCUT2D eigenvalue weighted by Crippen LogP contribution is -2.27. The van der Waals surface area contributed by atoms with Crippen molar-refractivity contribution >= 4 is 38.9 Å². The highest BCUT2D eigenvalue weighted by Gasteiger charge is 2.45. The van der Waals surface area contributed by atoms with Crippen LogP contribution in [0.3, 0.4) is 0 Å². The van der Waals surface area contributed by atoms with E-state index in [9.17, 15) is 18.3 Å². The summed E-state index contributed by atoms with van der Waals surface area (Å²) in [6, 6.07) is 20.8. The van der Waals surface area contributed by atoms with Crippen LogP contribution in [0, 0.1) is 0 Å². The first-order valence-electron chi connectivity index (χ1n) is 15.4. The van der Waals surface area contributed by atoms with E-state index in [0.717, 1.165) is 22.5 Å². The molecular weight excluding hydrogens is 554 g/mol. The zero-order chi connectivity index (χ0) is 30.9. The topological polar surface area (TPSA) is 74.5 Å². The lowest BCUT2D eigenvalue weighted by Gasteiger charge is -2.17. The van der Waals surface area contributed by atoms with Crippen LogP contribution in [0.25, 0.3) is 11.6 Å². The lowest BCUT2D eigenvalue weighted by atomic mass is 9.80. The van der Waals surface area contributed by atoms with E-state index in [1.807, 2.05) is 48.0 Å². The molecule has 224 valence electrons. The second-order valence-corrected chi connectivity index (χ2v) is 14.2. The normalized spacial score (nSPS) is 18.5. The number of carbonyl (C=O) groups is 1. The third kappa shape index (κ3) is 5.65. The van der Waals surface area contributed by atoms with Gasteiger partial charge in [-0.05, 0) is 68.0 Å². The van der Waals surface area contributed by atoms with E-state index in [-0.39, 0.29) is 10.5 Å². The Balaban J connectivity index is 1.60. The van der Waals surface area contributed by atoms with Gasteiger partial charge in [-0.3, -0.25) is 0 Å². The molecule has 2 aliphatic heterocycles. The molecule has 43 heavy (non-hydrogen) atoms. The van der Waals surface area contributed by atoms with Crippen LogP contribution in [0.5, 0.6) is 0 Å². The van der Waals surface area contributed by atoms with Crippen LogP contribution in [-0.2, 0) is 15.3 Å². The Labute approximate surface area is 256 Å². The van der Waals surface area contributed by atoms with Gasteiger partial charge in [0.15, 0.2) is 5.71 Å². The molecule has 5 nitrogen and oxygen atoms in total. The number of carboxylic acid groups (broad SMARTS) is 1. The number of fused-ring (bicyclic) bond motifs is 2. The number of rotatable bonds is 10. The summed E-state index contributed by atoms with van der Waals surface area (Å²) < 4.78 is 30.0. The van der Waals surface area contributed by atoms with Gasteiger partial charge < -0.3 is 5.11 Å². The van der Waals surface area contributed by atoms with Crippen molar-refractivity contribution in [3.8, 4) is 0 Å². The molecule has 6 heteroatoms. The van der Waals surface area contributed by atoms with Crippen molar-refractivity contribution in [2.24, 2.45) is 0 Å². The van der Waals surface area contributed by atoms with Crippen LogP contribution in [0.1, 0.15) is 105 Å². The molecule has 0 fully saturated rings. The van der Waals surface area contributed by atoms with Crippen molar-refractivity contribution < 1.29 is 22.9 Å². The van der Waals surface area contributed by atoms with Gasteiger partial charge in [0.25, 0.3) is 0 Å². The SMILES string of the molecule is CCCCC(CCCC)c1ccc(C=C2C(=CC3=[N+](C)c4ccc(C(=O)O)cc4C3(C)C)c3ccccc3S2(=O)=O)cc1. The summed E-state index contributed by atoms with van der Waals surface area (Å²) in [6.45, 7) is 8.56. The first-order chi connectivity index (χ1) is 20.5. The van der Waals surface area contributed by atoms with Crippen LogP contribution < -0.4 is 0 Å². The molecule has 0 radical (unpaired) electrons. The van der Waals surface area contributed by atoms with Gasteiger partial charge in [-0.2, -0.15) is 4.58 Å². The predicted octanol–water partition coefficient (Wildman–Crippen LogP) is 8.77. The molecule has 0 bridgehead atoms. The maximum Gasteiger partial charge on any atom is 0.335 e. The first kappa shape index (κ1) is 30.7. The molecule has 1 N–H and O–H groups in total. The minimum atomic E-state index is -3.74. The number of hydrogen-bond acceptors (Lipinski definition) is 3. The number of unbranched alkanes of at least 4 members (excludes halogenated alkanes) is 2. The quantitative estimate of drug-likeness (QED) is 0.238. The summed E-state index contributed by atoms with van der Waals surface area (Å²) in [5.74, 6) is -0.446. The third-order valence-electron chi connectivity index (χ3n) is 9.10. The number of sulfone groups is 1. The van der Waals surface area contributed by atoms with Crippen molar-refractivity contribution in [3.05, 3.63) is 106 Å². The molecule has 2 aliphatic rings. The highest BCUT2D eigenvalue weighted by Crippen LogP contribution is 2.46. The molecule has 5 rings (SSSR count). The van der Waals surface area contributed by atoms with Crippen LogP contribution in [0.15, 0.2) is 82.6 Å². The Kier molecular flexibility index (Phi) is 8.62. The minimum absolute atomic E-state index is 0.235. The van der Waals surface area contributed by atoms with E-state index in [0.29, 0.717) is 21.9 Å². The van der Waals surface area contributed by atoms with Crippen LogP contribution in [0.4, 0.5) is 5.69 Å². The smallest absolute Gasteiger partial charge is 0.335 e. The van der Waals surface area contributed by atoms with Crippen LogP contribution in [-0.4, -0.2) is 36.8 Å². The van der Waals surface area contributed by atoms with E-state index in [2.05, 4.69) is 39.8 Å².